The molecule has 0 bridgehead atoms. The van der Waals surface area contributed by atoms with Gasteiger partial charge in [-0.15, -0.1) is 11.3 Å². The van der Waals surface area contributed by atoms with Crippen molar-refractivity contribution in [1.82, 2.24) is 15.2 Å². The largest absolute Gasteiger partial charge is 0.361 e. The second-order valence-corrected chi connectivity index (χ2v) is 11.3. The van der Waals surface area contributed by atoms with E-state index < -0.39 is 0 Å². The van der Waals surface area contributed by atoms with Crippen LogP contribution in [-0.4, -0.2) is 34.8 Å². The molecule has 3 N–H and O–H groups in total. The molecule has 2 aromatic heterocycles. The van der Waals surface area contributed by atoms with Crippen LogP contribution in [0, 0.1) is 11.8 Å². The number of hydrogen-bond donors (Lipinski definition) is 3. The Morgan fingerprint density at radius 2 is 1.81 bits per heavy atom. The molecule has 0 unspecified atom stereocenters. The van der Waals surface area contributed by atoms with Crippen LogP contribution >= 0.6 is 11.3 Å². The quantitative estimate of drug-likeness (QED) is 0.322. The predicted octanol–water partition coefficient (Wildman–Crippen LogP) is 5.11. The smallest absolute Gasteiger partial charge is 0.228 e. The first-order valence-electron chi connectivity index (χ1n) is 13.1. The minimum atomic E-state index is -0.260. The molecule has 6 rings (SSSR count). The van der Waals surface area contributed by atoms with E-state index in [9.17, 15) is 9.59 Å². The average Bonchev–Trinajstić information content (AvgIpc) is 3.68. The van der Waals surface area contributed by atoms with Crippen molar-refractivity contribution in [3.63, 3.8) is 0 Å². The van der Waals surface area contributed by atoms with E-state index in [1.165, 1.54) is 28.5 Å². The molecule has 37 heavy (non-hydrogen) atoms. The van der Waals surface area contributed by atoms with Gasteiger partial charge in [0.1, 0.15) is 0 Å². The van der Waals surface area contributed by atoms with Gasteiger partial charge in [0.05, 0.1) is 18.4 Å². The number of thiophene rings is 1. The maximum Gasteiger partial charge on any atom is 0.228 e. The number of aryl methyl sites for hydroxylation is 2. The molecule has 1 aliphatic carbocycles. The zero-order valence-corrected chi connectivity index (χ0v) is 21.7. The van der Waals surface area contributed by atoms with Crippen LogP contribution in [0.3, 0.4) is 0 Å². The second-order valence-electron chi connectivity index (χ2n) is 10.3. The summed E-state index contributed by atoms with van der Waals surface area (Å²) in [4.78, 5) is 33.5. The Morgan fingerprint density at radius 1 is 0.973 bits per heavy atom. The van der Waals surface area contributed by atoms with Crippen LogP contribution in [0.15, 0.2) is 66.2 Å². The lowest BCUT2D eigenvalue weighted by atomic mass is 9.87. The lowest BCUT2D eigenvalue weighted by molar-refractivity contribution is -0.130. The zero-order valence-electron chi connectivity index (χ0n) is 20.8. The van der Waals surface area contributed by atoms with Crippen LogP contribution in [0.5, 0.6) is 0 Å². The van der Waals surface area contributed by atoms with E-state index >= 15 is 0 Å². The van der Waals surface area contributed by atoms with Gasteiger partial charge in [-0.1, -0.05) is 30.3 Å². The highest BCUT2D eigenvalue weighted by atomic mass is 32.1. The first-order chi connectivity index (χ1) is 18.1. The third-order valence-electron chi connectivity index (χ3n) is 7.72. The molecular formula is C30H32N4O2S. The van der Waals surface area contributed by atoms with Crippen LogP contribution in [0.4, 0.5) is 5.69 Å². The molecule has 0 saturated carbocycles. The Bertz CT molecular complexity index is 1410. The maximum absolute atomic E-state index is 13.5. The lowest BCUT2D eigenvalue weighted by Gasteiger charge is -2.36. The summed E-state index contributed by atoms with van der Waals surface area (Å²) >= 11 is 1.64. The Balaban J connectivity index is 1.19. The van der Waals surface area contributed by atoms with Gasteiger partial charge >= 0.3 is 0 Å². The molecule has 4 aromatic rings. The Labute approximate surface area is 221 Å². The number of benzene rings is 2. The first-order valence-corrected chi connectivity index (χ1v) is 14.0. The number of para-hydroxylation sites is 1. The number of carbonyl (C=O) groups is 2. The van der Waals surface area contributed by atoms with E-state index in [0.29, 0.717) is 32.6 Å². The Kier molecular flexibility index (Phi) is 6.81. The number of H-pyrrole nitrogens is 1. The highest BCUT2D eigenvalue weighted by Crippen LogP contribution is 2.29. The fourth-order valence-electron chi connectivity index (χ4n) is 5.83. The number of aromatic amines is 1. The number of fused-ring (bicyclic) bond motifs is 2. The standard InChI is InChI=1S/C30H32N4O2S/c35-29(32-16-26-7-4-12-37-26)22-13-23(30(36)33-25-11-10-20-5-3-6-21(20)14-25)18-34(17-22)19-24-15-31-28-9-2-1-8-27(24)28/h1-2,4,7-12,14-15,22-23,31H,3,5-6,13,16-19H2,(H,32,35)(H,33,36)/t22-,23+/m0/s1. The molecule has 1 aliphatic heterocycles. The summed E-state index contributed by atoms with van der Waals surface area (Å²) in [6.07, 6.45) is 5.98. The lowest BCUT2D eigenvalue weighted by Crippen LogP contribution is -2.48. The third-order valence-corrected chi connectivity index (χ3v) is 8.60. The van der Waals surface area contributed by atoms with E-state index in [1.54, 1.807) is 11.3 Å². The van der Waals surface area contributed by atoms with Crippen molar-refractivity contribution in [2.75, 3.05) is 18.4 Å². The van der Waals surface area contributed by atoms with Gasteiger partial charge in [-0.3, -0.25) is 14.5 Å². The van der Waals surface area contributed by atoms with E-state index in [-0.39, 0.29) is 23.7 Å². The fourth-order valence-corrected chi connectivity index (χ4v) is 6.47. The van der Waals surface area contributed by atoms with Gasteiger partial charge in [0.2, 0.25) is 11.8 Å². The molecule has 2 aliphatic rings. The van der Waals surface area contributed by atoms with Crippen LogP contribution in [0.2, 0.25) is 0 Å². The topological polar surface area (TPSA) is 77.2 Å². The van der Waals surface area contributed by atoms with Crippen molar-refractivity contribution in [2.45, 2.75) is 38.8 Å². The number of carbonyl (C=O) groups excluding carboxylic acids is 2. The number of nitrogens with one attached hydrogen (secondary N) is 3. The van der Waals surface area contributed by atoms with Gasteiger partial charge in [0.25, 0.3) is 0 Å². The van der Waals surface area contributed by atoms with E-state index in [4.69, 9.17) is 0 Å². The van der Waals surface area contributed by atoms with E-state index in [0.717, 1.165) is 28.9 Å². The number of nitrogens with zero attached hydrogens (tertiary/aromatic N) is 1. The predicted molar refractivity (Wildman–Crippen MR) is 148 cm³/mol. The molecule has 2 amide bonds. The maximum atomic E-state index is 13.5. The van der Waals surface area contributed by atoms with E-state index in [1.807, 2.05) is 41.9 Å². The van der Waals surface area contributed by atoms with Crippen molar-refractivity contribution in [2.24, 2.45) is 11.8 Å². The molecule has 190 valence electrons. The molecule has 2 atom stereocenters. The molecular weight excluding hydrogens is 480 g/mol. The van der Waals surface area contributed by atoms with E-state index in [2.05, 4.69) is 44.8 Å². The number of likely N-dealkylation sites (tertiary alicyclic amines) is 1. The van der Waals surface area contributed by atoms with Crippen molar-refractivity contribution < 1.29 is 9.59 Å². The number of piperidine rings is 1. The Morgan fingerprint density at radius 3 is 2.68 bits per heavy atom. The van der Waals surface area contributed by atoms with Gasteiger partial charge in [0.15, 0.2) is 0 Å². The van der Waals surface area contributed by atoms with Crippen molar-refractivity contribution in [1.29, 1.82) is 0 Å². The van der Waals surface area contributed by atoms with Gasteiger partial charge in [0, 0.05) is 47.3 Å². The van der Waals surface area contributed by atoms with Gasteiger partial charge < -0.3 is 15.6 Å². The Hall–Kier alpha value is -3.42. The summed E-state index contributed by atoms with van der Waals surface area (Å²) in [6, 6.07) is 18.6. The summed E-state index contributed by atoms with van der Waals surface area (Å²) < 4.78 is 0. The third kappa shape index (κ3) is 5.33. The SMILES string of the molecule is O=C(NCc1cccs1)[C@H]1C[C@@H](C(=O)Nc2ccc3c(c2)CCC3)CN(Cc2c[nH]c3ccccc23)C1. The van der Waals surface area contributed by atoms with Crippen LogP contribution in [0.1, 0.15) is 34.4 Å². The van der Waals surface area contributed by atoms with Crippen molar-refractivity contribution in [3.8, 4) is 0 Å². The molecule has 3 heterocycles. The molecule has 6 nitrogen and oxygen atoms in total. The molecule has 1 fully saturated rings. The second kappa shape index (κ2) is 10.5. The molecule has 2 aromatic carbocycles. The molecule has 0 spiro atoms. The highest BCUT2D eigenvalue weighted by molar-refractivity contribution is 7.09. The van der Waals surface area contributed by atoms with Crippen LogP contribution < -0.4 is 10.6 Å². The average molecular weight is 513 g/mol. The van der Waals surface area contributed by atoms with Gasteiger partial charge in [-0.25, -0.2) is 0 Å². The molecule has 1 saturated heterocycles. The summed E-state index contributed by atoms with van der Waals surface area (Å²) in [5, 5.41) is 9.47. The highest BCUT2D eigenvalue weighted by Gasteiger charge is 2.35. The number of amides is 2. The fraction of sp³-hybridized carbons (Fsp3) is 0.333. The van der Waals surface area contributed by atoms with Crippen LogP contribution in [0.25, 0.3) is 10.9 Å². The minimum Gasteiger partial charge on any atom is -0.361 e. The number of aromatic nitrogens is 1. The monoisotopic (exact) mass is 512 g/mol. The first kappa shape index (κ1) is 23.9. The minimum absolute atomic E-state index is 0.00219. The normalized spacial score (nSPS) is 19.6. The molecule has 0 radical (unpaired) electrons. The van der Waals surface area contributed by atoms with Gasteiger partial charge in [-0.2, -0.15) is 0 Å². The van der Waals surface area contributed by atoms with Gasteiger partial charge in [-0.05, 0) is 72.0 Å². The number of anilines is 1. The van der Waals surface area contributed by atoms with Crippen LogP contribution in [-0.2, 0) is 35.5 Å². The van der Waals surface area contributed by atoms with Crippen molar-refractivity contribution in [3.05, 3.63) is 87.7 Å². The summed E-state index contributed by atoms with van der Waals surface area (Å²) in [5.74, 6) is -0.482. The molecule has 7 heteroatoms. The zero-order chi connectivity index (χ0) is 25.2. The number of rotatable bonds is 7. The summed E-state index contributed by atoms with van der Waals surface area (Å²) in [5.41, 5.74) is 5.88. The number of hydrogen-bond acceptors (Lipinski definition) is 4. The summed E-state index contributed by atoms with van der Waals surface area (Å²) in [6.45, 7) is 2.49. The summed E-state index contributed by atoms with van der Waals surface area (Å²) in [7, 11) is 0. The van der Waals surface area contributed by atoms with Crippen molar-refractivity contribution >= 4 is 39.7 Å².